The van der Waals surface area contributed by atoms with E-state index in [2.05, 4.69) is 10.6 Å². The minimum absolute atomic E-state index is 0.00778. The zero-order chi connectivity index (χ0) is 18.2. The molecule has 3 amide bonds. The van der Waals surface area contributed by atoms with Gasteiger partial charge in [0.05, 0.1) is 5.56 Å². The fourth-order valence-electron chi connectivity index (χ4n) is 2.86. The van der Waals surface area contributed by atoms with Gasteiger partial charge < -0.3 is 20.6 Å². The number of carbonyl (C=O) groups is 3. The lowest BCUT2D eigenvalue weighted by molar-refractivity contribution is -0.122. The number of hydrogen-bond acceptors (Lipinski definition) is 3. The molecular weight excluding hydrogens is 322 g/mol. The van der Waals surface area contributed by atoms with Gasteiger partial charge in [-0.15, -0.1) is 0 Å². The molecule has 1 saturated heterocycles. The Morgan fingerprint density at radius 2 is 1.96 bits per heavy atom. The molecule has 1 fully saturated rings. The van der Waals surface area contributed by atoms with Gasteiger partial charge in [0.2, 0.25) is 5.91 Å². The highest BCUT2D eigenvalue weighted by molar-refractivity contribution is 5.87. The van der Waals surface area contributed by atoms with Crippen LogP contribution in [0.4, 0.5) is 4.79 Å². The van der Waals surface area contributed by atoms with Crippen molar-refractivity contribution in [2.75, 3.05) is 13.1 Å². The Hall–Kier alpha value is -2.57. The minimum atomic E-state index is -0.972. The lowest BCUT2D eigenvalue weighted by Crippen LogP contribution is -2.52. The van der Waals surface area contributed by atoms with Gasteiger partial charge in [-0.3, -0.25) is 4.79 Å². The van der Waals surface area contributed by atoms with E-state index in [-0.39, 0.29) is 23.5 Å². The standard InChI is InChI=1S/C18H25N3O4/c1-2-4-16(22)20-15-5-3-10-21(12-15)18(25)19-11-13-6-8-14(9-7-13)17(23)24/h6-9,15H,2-5,10-12H2,1H3,(H,19,25)(H,20,22)(H,23,24). The summed E-state index contributed by atoms with van der Waals surface area (Å²) in [5.74, 6) is -0.937. The number of rotatable bonds is 6. The van der Waals surface area contributed by atoms with E-state index in [9.17, 15) is 14.4 Å². The van der Waals surface area contributed by atoms with Gasteiger partial charge in [-0.05, 0) is 37.0 Å². The first-order valence-corrected chi connectivity index (χ1v) is 8.64. The second kappa shape index (κ2) is 9.05. The van der Waals surface area contributed by atoms with E-state index >= 15 is 0 Å². The maximum absolute atomic E-state index is 12.3. The quantitative estimate of drug-likeness (QED) is 0.733. The van der Waals surface area contributed by atoms with Crippen molar-refractivity contribution in [3.8, 4) is 0 Å². The van der Waals surface area contributed by atoms with Gasteiger partial charge in [0, 0.05) is 32.1 Å². The highest BCUT2D eigenvalue weighted by Gasteiger charge is 2.24. The third-order valence-corrected chi connectivity index (χ3v) is 4.20. The predicted molar refractivity (Wildman–Crippen MR) is 93.3 cm³/mol. The van der Waals surface area contributed by atoms with Crippen molar-refractivity contribution >= 4 is 17.9 Å². The molecule has 1 aliphatic heterocycles. The molecule has 7 nitrogen and oxygen atoms in total. The van der Waals surface area contributed by atoms with E-state index in [1.807, 2.05) is 6.92 Å². The topological polar surface area (TPSA) is 98.7 Å². The van der Waals surface area contributed by atoms with Gasteiger partial charge in [-0.25, -0.2) is 9.59 Å². The predicted octanol–water partition coefficient (Wildman–Crippen LogP) is 1.98. The molecule has 1 aromatic carbocycles. The van der Waals surface area contributed by atoms with Crippen LogP contribution in [-0.2, 0) is 11.3 Å². The molecule has 0 bridgehead atoms. The molecule has 1 atom stereocenters. The number of piperidine rings is 1. The molecule has 1 unspecified atom stereocenters. The average molecular weight is 347 g/mol. The van der Waals surface area contributed by atoms with E-state index in [1.54, 1.807) is 17.0 Å². The number of nitrogens with zero attached hydrogens (tertiary/aromatic N) is 1. The summed E-state index contributed by atoms with van der Waals surface area (Å²) in [6.45, 7) is 3.48. The van der Waals surface area contributed by atoms with Gasteiger partial charge in [0.25, 0.3) is 0 Å². The van der Waals surface area contributed by atoms with Crippen molar-refractivity contribution in [2.45, 2.75) is 45.2 Å². The fraction of sp³-hybridized carbons (Fsp3) is 0.500. The van der Waals surface area contributed by atoms with Crippen LogP contribution in [0.5, 0.6) is 0 Å². The maximum Gasteiger partial charge on any atom is 0.335 e. The van der Waals surface area contributed by atoms with E-state index in [1.165, 1.54) is 12.1 Å². The summed E-state index contributed by atoms with van der Waals surface area (Å²) in [7, 11) is 0. The first kappa shape index (κ1) is 18.8. The molecule has 136 valence electrons. The first-order chi connectivity index (χ1) is 12.0. The number of urea groups is 1. The van der Waals surface area contributed by atoms with E-state index in [0.717, 1.165) is 24.8 Å². The Kier molecular flexibility index (Phi) is 6.80. The number of likely N-dealkylation sites (tertiary alicyclic amines) is 1. The number of carboxylic acids is 1. The number of aromatic carboxylic acids is 1. The molecule has 0 radical (unpaired) electrons. The number of amides is 3. The third-order valence-electron chi connectivity index (χ3n) is 4.20. The van der Waals surface area contributed by atoms with Gasteiger partial charge in [0.1, 0.15) is 0 Å². The number of carbonyl (C=O) groups excluding carboxylic acids is 2. The van der Waals surface area contributed by atoms with Gasteiger partial charge in [0.15, 0.2) is 0 Å². The Bertz CT molecular complexity index is 615. The lowest BCUT2D eigenvalue weighted by Gasteiger charge is -2.33. The number of nitrogens with one attached hydrogen (secondary N) is 2. The molecule has 1 aromatic rings. The average Bonchev–Trinajstić information content (AvgIpc) is 2.60. The molecule has 0 aliphatic carbocycles. The Morgan fingerprint density at radius 1 is 1.24 bits per heavy atom. The fourth-order valence-corrected chi connectivity index (χ4v) is 2.86. The van der Waals surface area contributed by atoms with E-state index in [4.69, 9.17) is 5.11 Å². The molecule has 3 N–H and O–H groups in total. The highest BCUT2D eigenvalue weighted by Crippen LogP contribution is 2.11. The van der Waals surface area contributed by atoms with Crippen LogP contribution in [0, 0.1) is 0 Å². The van der Waals surface area contributed by atoms with Gasteiger partial charge >= 0.3 is 12.0 Å². The van der Waals surface area contributed by atoms with Crippen LogP contribution in [0.2, 0.25) is 0 Å². The molecule has 25 heavy (non-hydrogen) atoms. The number of hydrogen-bond donors (Lipinski definition) is 3. The van der Waals surface area contributed by atoms with Crippen LogP contribution in [0.15, 0.2) is 24.3 Å². The van der Waals surface area contributed by atoms with E-state index in [0.29, 0.717) is 26.1 Å². The third kappa shape index (κ3) is 5.77. The largest absolute Gasteiger partial charge is 0.478 e. The molecule has 1 aliphatic rings. The SMILES string of the molecule is CCCC(=O)NC1CCCN(C(=O)NCc2ccc(C(=O)O)cc2)C1. The molecule has 0 spiro atoms. The maximum atomic E-state index is 12.3. The zero-order valence-corrected chi connectivity index (χ0v) is 14.5. The van der Waals surface area contributed by atoms with Gasteiger partial charge in [-0.1, -0.05) is 19.1 Å². The van der Waals surface area contributed by atoms with Crippen LogP contribution in [0.3, 0.4) is 0 Å². The van der Waals surface area contributed by atoms with Crippen LogP contribution in [0.1, 0.15) is 48.5 Å². The highest BCUT2D eigenvalue weighted by atomic mass is 16.4. The first-order valence-electron chi connectivity index (χ1n) is 8.64. The summed E-state index contributed by atoms with van der Waals surface area (Å²) in [5, 5.41) is 14.7. The van der Waals surface area contributed by atoms with Gasteiger partial charge in [-0.2, -0.15) is 0 Å². The summed E-state index contributed by atoms with van der Waals surface area (Å²) < 4.78 is 0. The van der Waals surface area contributed by atoms with Crippen LogP contribution >= 0.6 is 0 Å². The molecule has 0 saturated carbocycles. The smallest absolute Gasteiger partial charge is 0.335 e. The summed E-state index contributed by atoms with van der Waals surface area (Å²) in [5.41, 5.74) is 1.06. The lowest BCUT2D eigenvalue weighted by atomic mass is 10.1. The summed E-state index contributed by atoms with van der Waals surface area (Å²) in [6, 6.07) is 6.25. The van der Waals surface area contributed by atoms with Crippen molar-refractivity contribution in [1.29, 1.82) is 0 Å². The van der Waals surface area contributed by atoms with Crippen molar-refractivity contribution in [3.05, 3.63) is 35.4 Å². The van der Waals surface area contributed by atoms with Crippen molar-refractivity contribution in [3.63, 3.8) is 0 Å². The summed E-state index contributed by atoms with van der Waals surface area (Å²) in [4.78, 5) is 36.6. The minimum Gasteiger partial charge on any atom is -0.478 e. The second-order valence-electron chi connectivity index (χ2n) is 6.26. The van der Waals surface area contributed by atoms with E-state index < -0.39 is 5.97 Å². The monoisotopic (exact) mass is 347 g/mol. The Balaban J connectivity index is 1.81. The molecule has 2 rings (SSSR count). The van der Waals surface area contributed by atoms with Crippen LogP contribution in [0.25, 0.3) is 0 Å². The number of carboxylic acid groups (broad SMARTS) is 1. The summed E-state index contributed by atoms with van der Waals surface area (Å²) >= 11 is 0. The van der Waals surface area contributed by atoms with Crippen molar-refractivity contribution in [2.24, 2.45) is 0 Å². The van der Waals surface area contributed by atoms with Crippen LogP contribution < -0.4 is 10.6 Å². The number of benzene rings is 1. The molecule has 7 heteroatoms. The van der Waals surface area contributed by atoms with Crippen molar-refractivity contribution in [1.82, 2.24) is 15.5 Å². The molecule has 1 heterocycles. The second-order valence-corrected chi connectivity index (χ2v) is 6.26. The normalized spacial score (nSPS) is 17.0. The van der Waals surface area contributed by atoms with Crippen molar-refractivity contribution < 1.29 is 19.5 Å². The Morgan fingerprint density at radius 3 is 2.60 bits per heavy atom. The zero-order valence-electron chi connectivity index (χ0n) is 14.5. The molecular formula is C18H25N3O4. The molecule has 0 aromatic heterocycles. The van der Waals surface area contributed by atoms with Crippen LogP contribution in [-0.4, -0.2) is 47.0 Å². The summed E-state index contributed by atoms with van der Waals surface area (Å²) in [6.07, 6.45) is 3.06. The Labute approximate surface area is 147 Å².